The highest BCUT2D eigenvalue weighted by Crippen LogP contribution is 2.40. The zero-order valence-electron chi connectivity index (χ0n) is 7.05. The molecule has 12 heavy (non-hydrogen) atoms. The van der Waals surface area contributed by atoms with Gasteiger partial charge >= 0.3 is 0 Å². The smallest absolute Gasteiger partial charge is 0.126 e. The zero-order valence-corrected chi connectivity index (χ0v) is 7.05. The summed E-state index contributed by atoms with van der Waals surface area (Å²) in [5.41, 5.74) is 7.54. The van der Waals surface area contributed by atoms with Gasteiger partial charge in [0.15, 0.2) is 0 Å². The topological polar surface area (TPSA) is 26.0 Å². The maximum absolute atomic E-state index is 13.1. The number of rotatable bonds is 1. The molecule has 0 aliphatic heterocycles. The van der Waals surface area contributed by atoms with Crippen molar-refractivity contribution in [3.8, 4) is 0 Å². The molecule has 1 aromatic carbocycles. The molecular formula is C10H12FN. The lowest BCUT2D eigenvalue weighted by molar-refractivity contribution is 0.615. The van der Waals surface area contributed by atoms with E-state index in [0.717, 1.165) is 17.5 Å². The Morgan fingerprint density at radius 1 is 1.50 bits per heavy atom. The van der Waals surface area contributed by atoms with Crippen LogP contribution in [0, 0.1) is 12.7 Å². The Bertz CT molecular complexity index is 309. The Hall–Kier alpha value is -0.890. The number of nitrogens with two attached hydrogens (primary N) is 1. The molecule has 1 fully saturated rings. The van der Waals surface area contributed by atoms with Gasteiger partial charge < -0.3 is 5.73 Å². The zero-order chi connectivity index (χ0) is 8.72. The summed E-state index contributed by atoms with van der Waals surface area (Å²) in [5, 5.41) is 0. The average molecular weight is 165 g/mol. The molecule has 0 amide bonds. The van der Waals surface area contributed by atoms with E-state index < -0.39 is 0 Å². The lowest BCUT2D eigenvalue weighted by Crippen LogP contribution is -2.02. The van der Waals surface area contributed by atoms with Gasteiger partial charge in [0.1, 0.15) is 5.82 Å². The van der Waals surface area contributed by atoms with Crippen LogP contribution in [0.2, 0.25) is 0 Å². The minimum atomic E-state index is -0.119. The Kier molecular flexibility index (Phi) is 1.65. The van der Waals surface area contributed by atoms with Crippen molar-refractivity contribution in [2.24, 2.45) is 5.73 Å². The van der Waals surface area contributed by atoms with Crippen LogP contribution in [0.4, 0.5) is 4.39 Å². The molecule has 0 unspecified atom stereocenters. The Labute approximate surface area is 71.4 Å². The molecule has 1 aliphatic carbocycles. The third-order valence-electron chi connectivity index (χ3n) is 2.55. The molecule has 0 aromatic heterocycles. The van der Waals surface area contributed by atoms with Crippen LogP contribution in [0.15, 0.2) is 18.2 Å². The van der Waals surface area contributed by atoms with Crippen LogP contribution in [0.1, 0.15) is 23.5 Å². The van der Waals surface area contributed by atoms with Crippen LogP contribution in [0.3, 0.4) is 0 Å². The van der Waals surface area contributed by atoms with Crippen molar-refractivity contribution in [3.05, 3.63) is 35.1 Å². The Balaban J connectivity index is 2.38. The number of halogens is 1. The van der Waals surface area contributed by atoms with E-state index in [1.807, 2.05) is 13.0 Å². The molecule has 1 aromatic rings. The van der Waals surface area contributed by atoms with Crippen LogP contribution < -0.4 is 5.73 Å². The second-order valence-corrected chi connectivity index (χ2v) is 3.46. The van der Waals surface area contributed by atoms with Gasteiger partial charge in [-0.25, -0.2) is 4.39 Å². The average Bonchev–Trinajstić information content (AvgIpc) is 2.73. The van der Waals surface area contributed by atoms with Crippen molar-refractivity contribution >= 4 is 0 Å². The van der Waals surface area contributed by atoms with E-state index in [1.54, 1.807) is 6.07 Å². The number of hydrogen-bond acceptors (Lipinski definition) is 1. The summed E-state index contributed by atoms with van der Waals surface area (Å²) in [5.74, 6) is 0.285. The molecule has 1 nitrogen and oxygen atoms in total. The first-order chi connectivity index (χ1) is 5.70. The van der Waals surface area contributed by atoms with E-state index in [0.29, 0.717) is 5.92 Å². The minimum absolute atomic E-state index is 0.119. The molecule has 1 aliphatic rings. The molecule has 0 bridgehead atoms. The monoisotopic (exact) mass is 165 g/mol. The second kappa shape index (κ2) is 2.56. The predicted octanol–water partition coefficient (Wildman–Crippen LogP) is 1.95. The van der Waals surface area contributed by atoms with E-state index in [9.17, 15) is 4.39 Å². The van der Waals surface area contributed by atoms with Crippen LogP contribution >= 0.6 is 0 Å². The second-order valence-electron chi connectivity index (χ2n) is 3.46. The van der Waals surface area contributed by atoms with Gasteiger partial charge in [0, 0.05) is 12.0 Å². The third kappa shape index (κ3) is 1.12. The fourth-order valence-corrected chi connectivity index (χ4v) is 1.60. The Morgan fingerprint density at radius 3 is 2.75 bits per heavy atom. The molecule has 0 radical (unpaired) electrons. The molecule has 2 atom stereocenters. The highest BCUT2D eigenvalue weighted by Gasteiger charge is 2.35. The van der Waals surface area contributed by atoms with Crippen LogP contribution in [0.5, 0.6) is 0 Å². The molecule has 0 heterocycles. The van der Waals surface area contributed by atoms with E-state index in [4.69, 9.17) is 5.73 Å². The lowest BCUT2D eigenvalue weighted by atomic mass is 10.0. The van der Waals surface area contributed by atoms with Crippen molar-refractivity contribution in [1.82, 2.24) is 0 Å². The maximum Gasteiger partial charge on any atom is 0.126 e. The van der Waals surface area contributed by atoms with Crippen LogP contribution in [0.25, 0.3) is 0 Å². The summed E-state index contributed by atoms with van der Waals surface area (Å²) in [6.07, 6.45) is 1.00. The number of hydrogen-bond donors (Lipinski definition) is 1. The highest BCUT2D eigenvalue weighted by atomic mass is 19.1. The normalized spacial score (nSPS) is 27.2. The summed E-state index contributed by atoms with van der Waals surface area (Å²) < 4.78 is 13.1. The largest absolute Gasteiger partial charge is 0.327 e. The molecule has 64 valence electrons. The van der Waals surface area contributed by atoms with Gasteiger partial charge in [0.25, 0.3) is 0 Å². The van der Waals surface area contributed by atoms with Gasteiger partial charge in [0.05, 0.1) is 0 Å². The number of benzene rings is 1. The first kappa shape index (κ1) is 7.74. The quantitative estimate of drug-likeness (QED) is 0.676. The molecule has 1 saturated carbocycles. The highest BCUT2D eigenvalue weighted by molar-refractivity contribution is 5.35. The summed E-state index contributed by atoms with van der Waals surface area (Å²) in [6, 6.07) is 5.47. The fourth-order valence-electron chi connectivity index (χ4n) is 1.60. The van der Waals surface area contributed by atoms with Crippen molar-refractivity contribution in [2.45, 2.75) is 25.3 Å². The van der Waals surface area contributed by atoms with Crippen LogP contribution in [-0.4, -0.2) is 6.04 Å². The summed E-state index contributed by atoms with van der Waals surface area (Å²) in [4.78, 5) is 0. The summed E-state index contributed by atoms with van der Waals surface area (Å²) >= 11 is 0. The molecule has 2 N–H and O–H groups in total. The third-order valence-corrected chi connectivity index (χ3v) is 2.55. The SMILES string of the molecule is Cc1c(F)cccc1[C@H]1C[C@@H]1N. The maximum atomic E-state index is 13.1. The Morgan fingerprint density at radius 2 is 2.17 bits per heavy atom. The van der Waals surface area contributed by atoms with Crippen molar-refractivity contribution in [1.29, 1.82) is 0 Å². The standard InChI is InChI=1S/C10H12FN/c1-6-7(8-5-10(8)12)3-2-4-9(6)11/h2-4,8,10H,5,12H2,1H3/t8-,10+/m1/s1. The first-order valence-electron chi connectivity index (χ1n) is 4.20. The molecule has 2 rings (SSSR count). The predicted molar refractivity (Wildman–Crippen MR) is 46.5 cm³/mol. The molecule has 0 saturated heterocycles. The van der Waals surface area contributed by atoms with Gasteiger partial charge in [-0.1, -0.05) is 12.1 Å². The summed E-state index contributed by atoms with van der Waals surface area (Å²) in [7, 11) is 0. The van der Waals surface area contributed by atoms with Gasteiger partial charge in [-0.2, -0.15) is 0 Å². The van der Waals surface area contributed by atoms with E-state index in [2.05, 4.69) is 0 Å². The minimum Gasteiger partial charge on any atom is -0.327 e. The van der Waals surface area contributed by atoms with Crippen molar-refractivity contribution in [2.75, 3.05) is 0 Å². The van der Waals surface area contributed by atoms with Crippen molar-refractivity contribution < 1.29 is 4.39 Å². The van der Waals surface area contributed by atoms with Crippen LogP contribution in [-0.2, 0) is 0 Å². The molecular weight excluding hydrogens is 153 g/mol. The lowest BCUT2D eigenvalue weighted by Gasteiger charge is -2.04. The van der Waals surface area contributed by atoms with E-state index >= 15 is 0 Å². The van der Waals surface area contributed by atoms with Gasteiger partial charge in [-0.3, -0.25) is 0 Å². The molecule has 2 heteroatoms. The fraction of sp³-hybridized carbons (Fsp3) is 0.400. The van der Waals surface area contributed by atoms with Gasteiger partial charge in [0.2, 0.25) is 0 Å². The van der Waals surface area contributed by atoms with Crippen molar-refractivity contribution in [3.63, 3.8) is 0 Å². The van der Waals surface area contributed by atoms with E-state index in [-0.39, 0.29) is 11.9 Å². The molecule has 0 spiro atoms. The van der Waals surface area contributed by atoms with Gasteiger partial charge in [-0.15, -0.1) is 0 Å². The first-order valence-corrected chi connectivity index (χ1v) is 4.20. The van der Waals surface area contributed by atoms with E-state index in [1.165, 1.54) is 6.07 Å². The summed E-state index contributed by atoms with van der Waals surface area (Å²) in [6.45, 7) is 1.82. The van der Waals surface area contributed by atoms with Gasteiger partial charge in [-0.05, 0) is 30.5 Å².